The van der Waals surface area contributed by atoms with Crippen LogP contribution in [0.3, 0.4) is 0 Å². The Hall–Kier alpha value is -2.29. The first-order valence-electron chi connectivity index (χ1n) is 7.20. The number of rotatable bonds is 6. The van der Waals surface area contributed by atoms with Crippen molar-refractivity contribution < 1.29 is 22.7 Å². The average Bonchev–Trinajstić information content (AvgIpc) is 2.55. The molecule has 7 nitrogen and oxygen atoms in total. The van der Waals surface area contributed by atoms with E-state index in [1.165, 1.54) is 19.2 Å². The standard InChI is InChI=1S/C16H17ClN2O5S/c1-3-24-13-7-5-11(9-14(13)23-2)19-16(20)10-4-6-12(17)15(8-10)25(18,21)22/h4-9H,3H2,1-2H3,(H,19,20)(H2,18,21,22). The predicted octanol–water partition coefficient (Wildman–Crippen LogP) is 2.65. The Morgan fingerprint density at radius 3 is 2.52 bits per heavy atom. The molecule has 0 saturated heterocycles. The molecule has 2 aromatic rings. The molecule has 0 radical (unpaired) electrons. The van der Waals surface area contributed by atoms with Crippen molar-refractivity contribution in [2.75, 3.05) is 19.0 Å². The second-order valence-electron chi connectivity index (χ2n) is 4.94. The first-order valence-corrected chi connectivity index (χ1v) is 9.13. The molecule has 0 unspecified atom stereocenters. The fraction of sp³-hybridized carbons (Fsp3) is 0.188. The largest absolute Gasteiger partial charge is 0.493 e. The minimum absolute atomic E-state index is 0.0539. The van der Waals surface area contributed by atoms with E-state index in [1.54, 1.807) is 18.2 Å². The number of methoxy groups -OCH3 is 1. The summed E-state index contributed by atoms with van der Waals surface area (Å²) in [6.07, 6.45) is 0. The molecule has 0 heterocycles. The smallest absolute Gasteiger partial charge is 0.255 e. The van der Waals surface area contributed by atoms with Gasteiger partial charge in [-0.05, 0) is 37.3 Å². The molecule has 9 heteroatoms. The van der Waals surface area contributed by atoms with Crippen molar-refractivity contribution in [3.63, 3.8) is 0 Å². The van der Waals surface area contributed by atoms with E-state index in [2.05, 4.69) is 5.32 Å². The Balaban J connectivity index is 2.28. The van der Waals surface area contributed by atoms with Crippen LogP contribution in [0, 0.1) is 0 Å². The van der Waals surface area contributed by atoms with Gasteiger partial charge in [0.05, 0.1) is 18.7 Å². The summed E-state index contributed by atoms with van der Waals surface area (Å²) in [5.41, 5.74) is 0.554. The Morgan fingerprint density at radius 2 is 1.92 bits per heavy atom. The van der Waals surface area contributed by atoms with E-state index in [4.69, 9.17) is 26.2 Å². The number of nitrogens with two attached hydrogens (primary N) is 1. The molecule has 0 aliphatic carbocycles. The lowest BCUT2D eigenvalue weighted by atomic mass is 10.2. The van der Waals surface area contributed by atoms with Gasteiger partial charge >= 0.3 is 0 Å². The highest BCUT2D eigenvalue weighted by Gasteiger charge is 2.17. The summed E-state index contributed by atoms with van der Waals surface area (Å²) in [7, 11) is -2.55. The number of benzene rings is 2. The molecular formula is C16H17ClN2O5S. The first kappa shape index (κ1) is 19.0. The topological polar surface area (TPSA) is 108 Å². The lowest BCUT2D eigenvalue weighted by molar-refractivity contribution is 0.102. The molecule has 2 aromatic carbocycles. The number of sulfonamides is 1. The Kier molecular flexibility index (Phi) is 5.89. The van der Waals surface area contributed by atoms with Crippen molar-refractivity contribution in [1.29, 1.82) is 0 Å². The van der Waals surface area contributed by atoms with Gasteiger partial charge in [0.1, 0.15) is 4.90 Å². The van der Waals surface area contributed by atoms with Crippen molar-refractivity contribution in [3.8, 4) is 11.5 Å². The number of hydrogen-bond acceptors (Lipinski definition) is 5. The lowest BCUT2D eigenvalue weighted by Crippen LogP contribution is -2.16. The average molecular weight is 385 g/mol. The zero-order valence-corrected chi connectivity index (χ0v) is 15.1. The van der Waals surface area contributed by atoms with Crippen molar-refractivity contribution >= 4 is 33.2 Å². The van der Waals surface area contributed by atoms with Gasteiger partial charge in [-0.3, -0.25) is 4.79 Å². The predicted molar refractivity (Wildman–Crippen MR) is 94.9 cm³/mol. The zero-order valence-electron chi connectivity index (χ0n) is 13.6. The molecule has 0 aliphatic rings. The van der Waals surface area contributed by atoms with Crippen LogP contribution in [0.5, 0.6) is 11.5 Å². The zero-order chi connectivity index (χ0) is 18.6. The van der Waals surface area contributed by atoms with Crippen molar-refractivity contribution in [2.45, 2.75) is 11.8 Å². The number of ether oxygens (including phenoxy) is 2. The highest BCUT2D eigenvalue weighted by atomic mass is 35.5. The maximum Gasteiger partial charge on any atom is 0.255 e. The van der Waals surface area contributed by atoms with Crippen molar-refractivity contribution in [2.24, 2.45) is 5.14 Å². The molecular weight excluding hydrogens is 368 g/mol. The van der Waals surface area contributed by atoms with Gasteiger partial charge in [-0.25, -0.2) is 13.6 Å². The van der Waals surface area contributed by atoms with Crippen LogP contribution in [0.2, 0.25) is 5.02 Å². The van der Waals surface area contributed by atoms with Gasteiger partial charge in [0, 0.05) is 17.3 Å². The summed E-state index contributed by atoms with van der Waals surface area (Å²) in [6.45, 7) is 2.32. The van der Waals surface area contributed by atoms with E-state index in [1.807, 2.05) is 6.92 Å². The summed E-state index contributed by atoms with van der Waals surface area (Å²) in [5, 5.41) is 7.68. The molecule has 3 N–H and O–H groups in total. The summed E-state index contributed by atoms with van der Waals surface area (Å²) >= 11 is 5.81. The molecule has 0 bridgehead atoms. The first-order chi connectivity index (χ1) is 11.8. The van der Waals surface area contributed by atoms with Gasteiger partial charge in [0.2, 0.25) is 10.0 Å². The second-order valence-corrected chi connectivity index (χ2v) is 6.88. The van der Waals surface area contributed by atoms with Crippen molar-refractivity contribution in [3.05, 3.63) is 47.0 Å². The van der Waals surface area contributed by atoms with E-state index in [-0.39, 0.29) is 15.5 Å². The molecule has 1 amide bonds. The summed E-state index contributed by atoms with van der Waals surface area (Å²) < 4.78 is 33.6. The molecule has 134 valence electrons. The Bertz CT molecular complexity index is 899. The van der Waals surface area contributed by atoms with Crippen molar-refractivity contribution in [1.82, 2.24) is 0 Å². The Labute approximate surface area is 150 Å². The molecule has 0 aliphatic heterocycles. The van der Waals surface area contributed by atoms with Gasteiger partial charge in [0.25, 0.3) is 5.91 Å². The quantitative estimate of drug-likeness (QED) is 0.795. The second kappa shape index (κ2) is 7.73. The number of anilines is 1. The molecule has 0 spiro atoms. The van der Waals surface area contributed by atoms with Crippen LogP contribution >= 0.6 is 11.6 Å². The number of primary sulfonamides is 1. The molecule has 0 saturated carbocycles. The van der Waals surface area contributed by atoms with Crippen LogP contribution in [0.25, 0.3) is 0 Å². The molecule has 2 rings (SSSR count). The maximum absolute atomic E-state index is 12.4. The van der Waals surface area contributed by atoms with E-state index in [9.17, 15) is 13.2 Å². The molecule has 25 heavy (non-hydrogen) atoms. The van der Waals surface area contributed by atoms with Crippen LogP contribution in [-0.4, -0.2) is 28.0 Å². The van der Waals surface area contributed by atoms with Gasteiger partial charge in [-0.1, -0.05) is 11.6 Å². The van der Waals surface area contributed by atoms with Crippen LogP contribution < -0.4 is 19.9 Å². The number of amides is 1. The van der Waals surface area contributed by atoms with Crippen LogP contribution in [0.4, 0.5) is 5.69 Å². The van der Waals surface area contributed by atoms with Gasteiger partial charge in [-0.2, -0.15) is 0 Å². The van der Waals surface area contributed by atoms with E-state index < -0.39 is 15.9 Å². The molecule has 0 atom stereocenters. The van der Waals surface area contributed by atoms with E-state index in [0.29, 0.717) is 23.8 Å². The number of nitrogens with one attached hydrogen (secondary N) is 1. The number of carbonyl (C=O) groups excluding carboxylic acids is 1. The normalized spacial score (nSPS) is 11.0. The Morgan fingerprint density at radius 1 is 1.20 bits per heavy atom. The molecule has 0 fully saturated rings. The van der Waals surface area contributed by atoms with Gasteiger partial charge in [0.15, 0.2) is 11.5 Å². The van der Waals surface area contributed by atoms with Crippen LogP contribution in [0.15, 0.2) is 41.3 Å². The van der Waals surface area contributed by atoms with E-state index in [0.717, 1.165) is 6.07 Å². The van der Waals surface area contributed by atoms with Crippen LogP contribution in [-0.2, 0) is 10.0 Å². The highest BCUT2D eigenvalue weighted by molar-refractivity contribution is 7.89. The lowest BCUT2D eigenvalue weighted by Gasteiger charge is -2.12. The third kappa shape index (κ3) is 4.62. The SMILES string of the molecule is CCOc1ccc(NC(=O)c2ccc(Cl)c(S(N)(=O)=O)c2)cc1OC. The summed E-state index contributed by atoms with van der Waals surface area (Å²) in [5.74, 6) is 0.486. The fourth-order valence-corrected chi connectivity index (χ4v) is 3.16. The van der Waals surface area contributed by atoms with Gasteiger partial charge < -0.3 is 14.8 Å². The summed E-state index contributed by atoms with van der Waals surface area (Å²) in [6, 6.07) is 8.73. The molecule has 0 aromatic heterocycles. The summed E-state index contributed by atoms with van der Waals surface area (Å²) in [4.78, 5) is 12.0. The highest BCUT2D eigenvalue weighted by Crippen LogP contribution is 2.30. The fourth-order valence-electron chi connectivity index (χ4n) is 2.09. The maximum atomic E-state index is 12.4. The third-order valence-electron chi connectivity index (χ3n) is 3.22. The third-order valence-corrected chi connectivity index (χ3v) is 4.61. The minimum atomic E-state index is -4.03. The monoisotopic (exact) mass is 384 g/mol. The van der Waals surface area contributed by atoms with Crippen LogP contribution in [0.1, 0.15) is 17.3 Å². The number of halogens is 1. The van der Waals surface area contributed by atoms with Gasteiger partial charge in [-0.15, -0.1) is 0 Å². The minimum Gasteiger partial charge on any atom is -0.493 e. The van der Waals surface area contributed by atoms with E-state index >= 15 is 0 Å². The number of carbonyl (C=O) groups is 1. The number of hydrogen-bond donors (Lipinski definition) is 2.